The smallest absolute Gasteiger partial charge is 0.282 e. The molecule has 0 spiro atoms. The zero-order valence-electron chi connectivity index (χ0n) is 13.2. The molecule has 22 heavy (non-hydrogen) atoms. The molecule has 6 nitrogen and oxygen atoms in total. The molecule has 2 heterocycles. The van der Waals surface area contributed by atoms with E-state index >= 15 is 0 Å². The van der Waals surface area contributed by atoms with Crippen molar-refractivity contribution >= 4 is 11.8 Å². The molecule has 1 aliphatic carbocycles. The van der Waals surface area contributed by atoms with Gasteiger partial charge in [-0.3, -0.25) is 14.5 Å². The fourth-order valence-electron chi connectivity index (χ4n) is 2.82. The number of piperidine rings is 1. The Balaban J connectivity index is 1.77. The van der Waals surface area contributed by atoms with E-state index < -0.39 is 0 Å². The molecule has 120 valence electrons. The number of amides is 2. The topological polar surface area (TPSA) is 75.4 Å². The maximum atomic E-state index is 12.7. The molecule has 1 atom stereocenters. The van der Waals surface area contributed by atoms with Crippen LogP contribution in [0.2, 0.25) is 0 Å². The summed E-state index contributed by atoms with van der Waals surface area (Å²) in [4.78, 5) is 26.9. The van der Waals surface area contributed by atoms with Crippen LogP contribution < -0.4 is 5.32 Å². The monoisotopic (exact) mass is 305 g/mol. The highest BCUT2D eigenvalue weighted by molar-refractivity contribution is 6.04. The van der Waals surface area contributed by atoms with Crippen molar-refractivity contribution in [1.82, 2.24) is 15.4 Å². The molecule has 1 saturated carbocycles. The molecule has 2 amide bonds. The summed E-state index contributed by atoms with van der Waals surface area (Å²) in [6.45, 7) is 5.56. The molecule has 2 aliphatic rings. The van der Waals surface area contributed by atoms with Crippen molar-refractivity contribution in [3.05, 3.63) is 17.5 Å². The van der Waals surface area contributed by atoms with Gasteiger partial charge in [-0.25, -0.2) is 0 Å². The summed E-state index contributed by atoms with van der Waals surface area (Å²) in [5, 5.41) is 7.10. The standard InChI is InChI=1S/C16H23N3O3/c1-10(2)14-8-13(18-22-14)16(21)19(12-5-6-12)15(20)11-4-3-7-17-9-11/h8,10-12,17H,3-7,9H2,1-2H3. The van der Waals surface area contributed by atoms with E-state index in [4.69, 9.17) is 4.52 Å². The molecule has 3 rings (SSSR count). The van der Waals surface area contributed by atoms with Gasteiger partial charge in [0.1, 0.15) is 5.76 Å². The van der Waals surface area contributed by atoms with Gasteiger partial charge in [0, 0.05) is 24.6 Å². The Hall–Kier alpha value is -1.69. The minimum Gasteiger partial charge on any atom is -0.360 e. The third-order valence-electron chi connectivity index (χ3n) is 4.33. The van der Waals surface area contributed by atoms with Gasteiger partial charge in [-0.05, 0) is 32.2 Å². The van der Waals surface area contributed by atoms with Crippen LogP contribution in [-0.4, -0.2) is 41.0 Å². The van der Waals surface area contributed by atoms with Crippen LogP contribution in [0.3, 0.4) is 0 Å². The van der Waals surface area contributed by atoms with Crippen molar-refractivity contribution in [1.29, 1.82) is 0 Å². The first kappa shape index (κ1) is 15.2. The largest absolute Gasteiger partial charge is 0.360 e. The van der Waals surface area contributed by atoms with Crippen molar-refractivity contribution in [2.75, 3.05) is 13.1 Å². The van der Waals surface area contributed by atoms with E-state index in [0.717, 1.165) is 32.2 Å². The number of carbonyl (C=O) groups excluding carboxylic acids is 2. The molecule has 0 radical (unpaired) electrons. The van der Waals surface area contributed by atoms with Crippen molar-refractivity contribution < 1.29 is 14.1 Å². The number of imide groups is 1. The van der Waals surface area contributed by atoms with E-state index in [1.807, 2.05) is 13.8 Å². The number of nitrogens with zero attached hydrogens (tertiary/aromatic N) is 2. The number of carbonyl (C=O) groups is 2. The van der Waals surface area contributed by atoms with Crippen LogP contribution in [0.4, 0.5) is 0 Å². The quantitative estimate of drug-likeness (QED) is 0.860. The maximum absolute atomic E-state index is 12.7. The Bertz CT molecular complexity index is 557. The Kier molecular flexibility index (Phi) is 4.29. The van der Waals surface area contributed by atoms with E-state index in [9.17, 15) is 9.59 Å². The lowest BCUT2D eigenvalue weighted by atomic mass is 9.98. The van der Waals surface area contributed by atoms with Crippen LogP contribution in [0, 0.1) is 5.92 Å². The zero-order chi connectivity index (χ0) is 15.7. The molecule has 1 aliphatic heterocycles. The Morgan fingerprint density at radius 1 is 1.36 bits per heavy atom. The van der Waals surface area contributed by atoms with Gasteiger partial charge in [0.25, 0.3) is 5.91 Å². The van der Waals surface area contributed by atoms with Gasteiger partial charge < -0.3 is 9.84 Å². The minimum atomic E-state index is -0.311. The predicted octanol–water partition coefficient (Wildman–Crippen LogP) is 1.93. The molecule has 6 heteroatoms. The molecule has 1 aromatic heterocycles. The average molecular weight is 305 g/mol. The van der Waals surface area contributed by atoms with Crippen LogP contribution >= 0.6 is 0 Å². The molecule has 1 unspecified atom stereocenters. The summed E-state index contributed by atoms with van der Waals surface area (Å²) < 4.78 is 5.20. The highest BCUT2D eigenvalue weighted by Crippen LogP contribution is 2.31. The molecule has 2 fully saturated rings. The van der Waals surface area contributed by atoms with Crippen LogP contribution in [0.15, 0.2) is 10.6 Å². The number of hydrogen-bond donors (Lipinski definition) is 1. The number of rotatable bonds is 4. The lowest BCUT2D eigenvalue weighted by Crippen LogP contribution is -2.46. The first-order chi connectivity index (χ1) is 10.6. The Labute approximate surface area is 130 Å². The van der Waals surface area contributed by atoms with Gasteiger partial charge in [-0.2, -0.15) is 0 Å². The van der Waals surface area contributed by atoms with E-state index in [1.54, 1.807) is 6.07 Å². The summed E-state index contributed by atoms with van der Waals surface area (Å²) in [5.41, 5.74) is 0.243. The third kappa shape index (κ3) is 3.06. The normalized spacial score (nSPS) is 21.9. The third-order valence-corrected chi connectivity index (χ3v) is 4.33. The molecule has 0 bridgehead atoms. The summed E-state index contributed by atoms with van der Waals surface area (Å²) >= 11 is 0. The van der Waals surface area contributed by atoms with Gasteiger partial charge in [0.05, 0.1) is 5.92 Å². The summed E-state index contributed by atoms with van der Waals surface area (Å²) in [5.74, 6) is 0.366. The first-order valence-corrected chi connectivity index (χ1v) is 8.12. The summed E-state index contributed by atoms with van der Waals surface area (Å²) in [6, 6.07) is 1.70. The van der Waals surface area contributed by atoms with Crippen molar-refractivity contribution in [2.24, 2.45) is 5.92 Å². The van der Waals surface area contributed by atoms with E-state index in [-0.39, 0.29) is 35.4 Å². The second-order valence-corrected chi connectivity index (χ2v) is 6.56. The van der Waals surface area contributed by atoms with Crippen LogP contribution in [0.1, 0.15) is 61.7 Å². The van der Waals surface area contributed by atoms with Crippen molar-refractivity contribution in [2.45, 2.75) is 51.5 Å². The van der Waals surface area contributed by atoms with Crippen LogP contribution in [0.25, 0.3) is 0 Å². The van der Waals surface area contributed by atoms with Gasteiger partial charge >= 0.3 is 0 Å². The lowest BCUT2D eigenvalue weighted by molar-refractivity contribution is -0.133. The van der Waals surface area contributed by atoms with Gasteiger partial charge in [0.2, 0.25) is 5.91 Å². The predicted molar refractivity (Wildman–Crippen MR) is 80.4 cm³/mol. The van der Waals surface area contributed by atoms with E-state index in [1.165, 1.54) is 4.90 Å². The van der Waals surface area contributed by atoms with Crippen LogP contribution in [-0.2, 0) is 4.79 Å². The van der Waals surface area contributed by atoms with Gasteiger partial charge in [0.15, 0.2) is 5.69 Å². The minimum absolute atomic E-state index is 0.0427. The maximum Gasteiger partial charge on any atom is 0.282 e. The molecule has 1 aromatic rings. The number of hydrogen-bond acceptors (Lipinski definition) is 5. The molecule has 1 saturated heterocycles. The molecule has 0 aromatic carbocycles. The second kappa shape index (κ2) is 6.20. The van der Waals surface area contributed by atoms with Crippen molar-refractivity contribution in [3.8, 4) is 0 Å². The SMILES string of the molecule is CC(C)c1cc(C(=O)N(C(=O)C2CCCNC2)C2CC2)no1. The Morgan fingerprint density at radius 3 is 2.68 bits per heavy atom. The van der Waals surface area contributed by atoms with Gasteiger partial charge in [-0.15, -0.1) is 0 Å². The number of aromatic nitrogens is 1. The summed E-state index contributed by atoms with van der Waals surface area (Å²) in [6.07, 6.45) is 3.61. The summed E-state index contributed by atoms with van der Waals surface area (Å²) in [7, 11) is 0. The average Bonchev–Trinajstić information content (AvgIpc) is 3.22. The molecular weight excluding hydrogens is 282 g/mol. The van der Waals surface area contributed by atoms with E-state index in [0.29, 0.717) is 12.3 Å². The first-order valence-electron chi connectivity index (χ1n) is 8.12. The van der Waals surface area contributed by atoms with E-state index in [2.05, 4.69) is 10.5 Å². The molecule has 1 N–H and O–H groups in total. The fourth-order valence-corrected chi connectivity index (χ4v) is 2.82. The highest BCUT2D eigenvalue weighted by atomic mass is 16.5. The number of nitrogens with one attached hydrogen (secondary N) is 1. The fraction of sp³-hybridized carbons (Fsp3) is 0.688. The van der Waals surface area contributed by atoms with Crippen LogP contribution in [0.5, 0.6) is 0 Å². The Morgan fingerprint density at radius 2 is 2.14 bits per heavy atom. The molecular formula is C16H23N3O3. The highest BCUT2D eigenvalue weighted by Gasteiger charge is 2.41. The second-order valence-electron chi connectivity index (χ2n) is 6.56. The zero-order valence-corrected chi connectivity index (χ0v) is 13.2. The van der Waals surface area contributed by atoms with Crippen molar-refractivity contribution in [3.63, 3.8) is 0 Å². The van der Waals surface area contributed by atoms with Gasteiger partial charge in [-0.1, -0.05) is 19.0 Å². The lowest BCUT2D eigenvalue weighted by Gasteiger charge is -2.28.